The van der Waals surface area contributed by atoms with Gasteiger partial charge in [-0.2, -0.15) is 0 Å². The molecule has 0 amide bonds. The van der Waals surface area contributed by atoms with Gasteiger partial charge in [0.1, 0.15) is 0 Å². The van der Waals surface area contributed by atoms with Gasteiger partial charge in [0.05, 0.1) is 18.8 Å². The number of nitrogens with zero attached hydrogens (tertiary/aromatic N) is 1. The summed E-state index contributed by atoms with van der Waals surface area (Å²) in [5.74, 6) is -0.428. The van der Waals surface area contributed by atoms with Gasteiger partial charge in [0.2, 0.25) is 0 Å². The Morgan fingerprint density at radius 1 is 1.43 bits per heavy atom. The average Bonchev–Trinajstić information content (AvgIpc) is 2.67. The molecule has 0 aliphatic carbocycles. The van der Waals surface area contributed by atoms with Crippen molar-refractivity contribution in [3.05, 3.63) is 58.9 Å². The van der Waals surface area contributed by atoms with Crippen LogP contribution in [0.3, 0.4) is 0 Å². The van der Waals surface area contributed by atoms with Gasteiger partial charge >= 0.3 is 5.97 Å². The summed E-state index contributed by atoms with van der Waals surface area (Å²) < 4.78 is 18.2. The van der Waals surface area contributed by atoms with Gasteiger partial charge < -0.3 is 15.4 Å². The van der Waals surface area contributed by atoms with Crippen molar-refractivity contribution in [2.75, 3.05) is 13.7 Å². The van der Waals surface area contributed by atoms with E-state index in [1.54, 1.807) is 20.0 Å². The van der Waals surface area contributed by atoms with Gasteiger partial charge in [0, 0.05) is 24.5 Å². The maximum Gasteiger partial charge on any atom is 0.357 e. The second-order valence-corrected chi connectivity index (χ2v) is 6.87. The van der Waals surface area contributed by atoms with E-state index in [0.717, 1.165) is 23.1 Å². The fourth-order valence-corrected chi connectivity index (χ4v) is 3.09. The molecule has 1 aromatic carbocycles. The zero-order valence-electron chi connectivity index (χ0n) is 17.1. The first-order chi connectivity index (χ1) is 13.5. The summed E-state index contributed by atoms with van der Waals surface area (Å²) in [6.07, 6.45) is 5.82. The Labute approximate surface area is 166 Å². The van der Waals surface area contributed by atoms with E-state index in [1.807, 2.05) is 25.4 Å². The van der Waals surface area contributed by atoms with Gasteiger partial charge in [-0.15, -0.1) is 0 Å². The zero-order chi connectivity index (χ0) is 20.5. The summed E-state index contributed by atoms with van der Waals surface area (Å²) in [5, 5.41) is 6.43. The lowest BCUT2D eigenvalue weighted by Crippen LogP contribution is -2.36. The van der Waals surface area contributed by atoms with E-state index in [1.165, 1.54) is 5.56 Å². The molecule has 2 N–H and O–H groups in total. The van der Waals surface area contributed by atoms with Crippen molar-refractivity contribution in [1.29, 1.82) is 0 Å². The van der Waals surface area contributed by atoms with Crippen LogP contribution < -0.4 is 10.6 Å². The minimum atomic E-state index is -0.785. The fourth-order valence-electron chi connectivity index (χ4n) is 3.09. The Morgan fingerprint density at radius 2 is 2.21 bits per heavy atom. The molecule has 0 bridgehead atoms. The van der Waals surface area contributed by atoms with Gasteiger partial charge in [-0.05, 0) is 63.4 Å². The van der Waals surface area contributed by atoms with Crippen molar-refractivity contribution < 1.29 is 13.9 Å². The number of hydrogen-bond acceptors (Lipinski definition) is 5. The Balaban J connectivity index is 2.06. The standard InChI is InChI=1S/C22H30FN3O2/c1-5-28-22(27)21-19(20(24-4)10-11-26-21)14-25-13-17-7-9-18(15(2)12-17)8-6-16(3)23/h7,9-12,14,16,20,24-25H,5-6,8,13H2,1-4H3/b19-14+. The highest BCUT2D eigenvalue weighted by Crippen LogP contribution is 2.16. The highest BCUT2D eigenvalue weighted by atomic mass is 19.1. The largest absolute Gasteiger partial charge is 0.461 e. The molecular formula is C22H30FN3O2. The van der Waals surface area contributed by atoms with Gasteiger partial charge in [0.15, 0.2) is 5.71 Å². The van der Waals surface area contributed by atoms with Gasteiger partial charge in [-0.1, -0.05) is 18.2 Å². The van der Waals surface area contributed by atoms with Crippen LogP contribution >= 0.6 is 0 Å². The van der Waals surface area contributed by atoms with Crippen LogP contribution in [0, 0.1) is 6.92 Å². The smallest absolute Gasteiger partial charge is 0.357 e. The number of likely N-dealkylation sites (N-methyl/N-ethyl adjacent to an activating group) is 1. The van der Waals surface area contributed by atoms with E-state index < -0.39 is 12.1 Å². The molecule has 1 heterocycles. The first-order valence-electron chi connectivity index (χ1n) is 9.71. The van der Waals surface area contributed by atoms with Crippen LogP contribution in [-0.4, -0.2) is 37.5 Å². The Hall–Kier alpha value is -2.47. The highest BCUT2D eigenvalue weighted by Gasteiger charge is 2.25. The maximum atomic E-state index is 13.1. The fraction of sp³-hybridized carbons (Fsp3) is 0.455. The van der Waals surface area contributed by atoms with E-state index in [9.17, 15) is 9.18 Å². The van der Waals surface area contributed by atoms with Crippen molar-refractivity contribution in [3.63, 3.8) is 0 Å². The van der Waals surface area contributed by atoms with Gasteiger partial charge in [-0.25, -0.2) is 14.2 Å². The first kappa shape index (κ1) is 21.8. The molecule has 2 atom stereocenters. The molecule has 1 aromatic rings. The SMILES string of the molecule is CCOC(=O)C1=NC=CC(NC)/C1=C\NCc1ccc(CCC(C)F)c(C)c1. The number of esters is 1. The van der Waals surface area contributed by atoms with Crippen molar-refractivity contribution in [3.8, 4) is 0 Å². The molecular weight excluding hydrogens is 357 g/mol. The average molecular weight is 387 g/mol. The number of carbonyl (C=O) groups excluding carboxylic acids is 1. The van der Waals surface area contributed by atoms with Crippen LogP contribution in [0.25, 0.3) is 0 Å². The quantitative estimate of drug-likeness (QED) is 0.638. The summed E-state index contributed by atoms with van der Waals surface area (Å²) in [7, 11) is 1.83. The van der Waals surface area contributed by atoms with E-state index >= 15 is 0 Å². The molecule has 0 fully saturated rings. The van der Waals surface area contributed by atoms with E-state index in [0.29, 0.717) is 25.3 Å². The molecule has 0 radical (unpaired) electrons. The Bertz CT molecular complexity index is 769. The van der Waals surface area contributed by atoms with Crippen LogP contribution in [0.5, 0.6) is 0 Å². The van der Waals surface area contributed by atoms with Gasteiger partial charge in [-0.3, -0.25) is 0 Å². The molecule has 28 heavy (non-hydrogen) atoms. The van der Waals surface area contributed by atoms with E-state index in [4.69, 9.17) is 4.74 Å². The van der Waals surface area contributed by atoms with Crippen molar-refractivity contribution >= 4 is 11.7 Å². The molecule has 2 unspecified atom stereocenters. The number of carbonyl (C=O) groups is 1. The number of nitrogens with one attached hydrogen (secondary N) is 2. The number of halogens is 1. The lowest BCUT2D eigenvalue weighted by atomic mass is 9.99. The minimum Gasteiger partial charge on any atom is -0.461 e. The second kappa shape index (κ2) is 10.8. The zero-order valence-corrected chi connectivity index (χ0v) is 17.1. The predicted molar refractivity (Wildman–Crippen MR) is 111 cm³/mol. The molecule has 1 aliphatic heterocycles. The number of ether oxygens (including phenoxy) is 1. The third-order valence-electron chi connectivity index (χ3n) is 4.65. The molecule has 0 saturated carbocycles. The van der Waals surface area contributed by atoms with E-state index in [2.05, 4.69) is 34.7 Å². The monoisotopic (exact) mass is 387 g/mol. The Kier molecular flexibility index (Phi) is 8.39. The number of benzene rings is 1. The molecule has 0 spiro atoms. The third-order valence-corrected chi connectivity index (χ3v) is 4.65. The summed E-state index contributed by atoms with van der Waals surface area (Å²) in [5.41, 5.74) is 4.51. The number of hydrogen-bond donors (Lipinski definition) is 2. The molecule has 5 nitrogen and oxygen atoms in total. The molecule has 2 rings (SSSR count). The van der Waals surface area contributed by atoms with Crippen LogP contribution in [0.15, 0.2) is 47.2 Å². The second-order valence-electron chi connectivity index (χ2n) is 6.87. The summed E-state index contributed by atoms with van der Waals surface area (Å²) in [6, 6.07) is 6.11. The lowest BCUT2D eigenvalue weighted by molar-refractivity contribution is -0.135. The number of aliphatic imine (C=N–C) groups is 1. The Morgan fingerprint density at radius 3 is 2.86 bits per heavy atom. The van der Waals surface area contributed by atoms with Crippen LogP contribution in [-0.2, 0) is 22.5 Å². The van der Waals surface area contributed by atoms with E-state index in [-0.39, 0.29) is 6.04 Å². The van der Waals surface area contributed by atoms with Gasteiger partial charge in [0.25, 0.3) is 0 Å². The van der Waals surface area contributed by atoms with Crippen molar-refractivity contribution in [2.45, 2.75) is 52.4 Å². The molecule has 0 saturated heterocycles. The third kappa shape index (κ3) is 6.02. The van der Waals surface area contributed by atoms with Crippen LogP contribution in [0.2, 0.25) is 0 Å². The highest BCUT2D eigenvalue weighted by molar-refractivity contribution is 6.44. The van der Waals surface area contributed by atoms with Crippen LogP contribution in [0.4, 0.5) is 4.39 Å². The molecule has 1 aliphatic rings. The normalized spacial score (nSPS) is 18.7. The summed E-state index contributed by atoms with van der Waals surface area (Å²) in [6.45, 7) is 6.33. The number of rotatable bonds is 9. The lowest BCUT2D eigenvalue weighted by Gasteiger charge is -2.20. The number of aryl methyl sites for hydroxylation is 2. The maximum absolute atomic E-state index is 13.1. The molecule has 0 aromatic heterocycles. The molecule has 152 valence electrons. The van der Waals surface area contributed by atoms with Crippen LogP contribution in [0.1, 0.15) is 37.0 Å². The first-order valence-corrected chi connectivity index (χ1v) is 9.71. The summed E-state index contributed by atoms with van der Waals surface area (Å²) in [4.78, 5) is 16.4. The summed E-state index contributed by atoms with van der Waals surface area (Å²) >= 11 is 0. The topological polar surface area (TPSA) is 62.7 Å². The molecule has 6 heteroatoms. The predicted octanol–water partition coefficient (Wildman–Crippen LogP) is 3.38. The minimum absolute atomic E-state index is 0.115. The van der Waals surface area contributed by atoms with Crippen molar-refractivity contribution in [2.24, 2.45) is 4.99 Å². The number of alkyl halides is 1. The van der Waals surface area contributed by atoms with Crippen molar-refractivity contribution in [1.82, 2.24) is 10.6 Å².